The van der Waals surface area contributed by atoms with E-state index < -0.39 is 24.3 Å². The van der Waals surface area contributed by atoms with E-state index in [0.29, 0.717) is 5.69 Å². The third kappa shape index (κ3) is 3.76. The number of anilines is 1. The number of amides is 1. The lowest BCUT2D eigenvalue weighted by Crippen LogP contribution is -2.37. The zero-order valence-electron chi connectivity index (χ0n) is 12.7. The average molecular weight is 320 g/mol. The molecule has 0 unspecified atom stereocenters. The smallest absolute Gasteiger partial charge is 0.416 e. The second-order valence-electron chi connectivity index (χ2n) is 4.36. The maximum atomic E-state index is 12.0. The fourth-order valence-corrected chi connectivity index (χ4v) is 1.85. The summed E-state index contributed by atoms with van der Waals surface area (Å²) in [5, 5.41) is 4.03. The van der Waals surface area contributed by atoms with E-state index in [1.807, 2.05) is 0 Å². The molecule has 1 amide bonds. The van der Waals surface area contributed by atoms with Crippen molar-refractivity contribution in [2.24, 2.45) is 0 Å². The fourth-order valence-electron chi connectivity index (χ4n) is 1.85. The van der Waals surface area contributed by atoms with Gasteiger partial charge in [-0.1, -0.05) is 18.2 Å². The monoisotopic (exact) mass is 320 g/mol. The largest absolute Gasteiger partial charge is 0.465 e. The lowest BCUT2D eigenvalue weighted by atomic mass is 10.3. The van der Waals surface area contributed by atoms with Gasteiger partial charge in [-0.15, -0.1) is 5.10 Å². The SMILES string of the molecule is CCOC(=O)CN(C(=O)OC)c1nn(-c2ccccc2)c(=O)[nH]1. The molecule has 0 fully saturated rings. The maximum absolute atomic E-state index is 12.0. The second-order valence-corrected chi connectivity index (χ2v) is 4.36. The number of hydrogen-bond acceptors (Lipinski definition) is 6. The summed E-state index contributed by atoms with van der Waals surface area (Å²) in [4.78, 5) is 38.8. The van der Waals surface area contributed by atoms with Gasteiger partial charge in [-0.3, -0.25) is 9.78 Å². The van der Waals surface area contributed by atoms with Crippen molar-refractivity contribution >= 4 is 18.0 Å². The van der Waals surface area contributed by atoms with Gasteiger partial charge in [0.05, 0.1) is 19.4 Å². The molecular weight excluding hydrogens is 304 g/mol. The van der Waals surface area contributed by atoms with Gasteiger partial charge in [-0.05, 0) is 19.1 Å². The van der Waals surface area contributed by atoms with Crippen LogP contribution in [-0.2, 0) is 14.3 Å². The van der Waals surface area contributed by atoms with Gasteiger partial charge in [0.2, 0.25) is 5.95 Å². The Morgan fingerprint density at radius 1 is 1.30 bits per heavy atom. The molecule has 9 heteroatoms. The summed E-state index contributed by atoms with van der Waals surface area (Å²) in [5.41, 5.74) is -0.0371. The Morgan fingerprint density at radius 2 is 2.00 bits per heavy atom. The third-order valence-corrected chi connectivity index (χ3v) is 2.85. The lowest BCUT2D eigenvalue weighted by Gasteiger charge is -2.16. The minimum atomic E-state index is -0.841. The molecule has 122 valence electrons. The van der Waals surface area contributed by atoms with Crippen molar-refractivity contribution in [2.75, 3.05) is 25.2 Å². The maximum Gasteiger partial charge on any atom is 0.416 e. The van der Waals surface area contributed by atoms with Crippen molar-refractivity contribution in [1.29, 1.82) is 0 Å². The van der Waals surface area contributed by atoms with Crippen LogP contribution in [0.15, 0.2) is 35.1 Å². The highest BCUT2D eigenvalue weighted by atomic mass is 16.5. The van der Waals surface area contributed by atoms with Crippen molar-refractivity contribution in [3.63, 3.8) is 0 Å². The minimum absolute atomic E-state index is 0.112. The molecule has 0 saturated carbocycles. The molecule has 0 spiro atoms. The van der Waals surface area contributed by atoms with Crippen molar-refractivity contribution in [1.82, 2.24) is 14.8 Å². The summed E-state index contributed by atoms with van der Waals surface area (Å²) in [6.45, 7) is 1.39. The number of H-pyrrole nitrogens is 1. The molecule has 0 aliphatic heterocycles. The van der Waals surface area contributed by atoms with E-state index in [-0.39, 0.29) is 12.6 Å². The summed E-state index contributed by atoms with van der Waals surface area (Å²) in [6, 6.07) is 8.64. The Hall–Kier alpha value is -3.10. The van der Waals surface area contributed by atoms with Gasteiger partial charge in [0.1, 0.15) is 6.54 Å². The van der Waals surface area contributed by atoms with Crippen molar-refractivity contribution in [3.05, 3.63) is 40.8 Å². The molecule has 0 radical (unpaired) electrons. The minimum Gasteiger partial charge on any atom is -0.465 e. The number of benzene rings is 1. The van der Waals surface area contributed by atoms with Crippen LogP contribution in [0.25, 0.3) is 5.69 Å². The molecule has 1 heterocycles. The number of carbonyl (C=O) groups is 2. The van der Waals surface area contributed by atoms with Gasteiger partial charge in [0, 0.05) is 0 Å². The van der Waals surface area contributed by atoms with Crippen LogP contribution < -0.4 is 10.6 Å². The van der Waals surface area contributed by atoms with Crippen molar-refractivity contribution in [3.8, 4) is 5.69 Å². The number of nitrogens with zero attached hydrogens (tertiary/aromatic N) is 3. The van der Waals surface area contributed by atoms with Gasteiger partial charge in [0.15, 0.2) is 0 Å². The van der Waals surface area contributed by atoms with Crippen LogP contribution in [0.1, 0.15) is 6.92 Å². The van der Waals surface area contributed by atoms with E-state index in [1.54, 1.807) is 37.3 Å². The van der Waals surface area contributed by atoms with Crippen LogP contribution in [0.5, 0.6) is 0 Å². The first-order valence-electron chi connectivity index (χ1n) is 6.82. The predicted molar refractivity (Wildman–Crippen MR) is 80.6 cm³/mol. The predicted octanol–water partition coefficient (Wildman–Crippen LogP) is 0.696. The van der Waals surface area contributed by atoms with Gasteiger partial charge in [0.25, 0.3) is 0 Å². The Bertz CT molecular complexity index is 737. The Morgan fingerprint density at radius 3 is 2.61 bits per heavy atom. The third-order valence-electron chi connectivity index (χ3n) is 2.85. The van der Waals surface area contributed by atoms with Crippen molar-refractivity contribution < 1.29 is 19.1 Å². The van der Waals surface area contributed by atoms with Gasteiger partial charge in [-0.2, -0.15) is 4.68 Å². The van der Waals surface area contributed by atoms with Gasteiger partial charge < -0.3 is 9.47 Å². The Balaban J connectivity index is 2.35. The standard InChI is InChI=1S/C14H16N4O5/c1-3-23-11(19)9-17(14(21)22-2)12-15-13(20)18(16-12)10-7-5-4-6-8-10/h4-8H,3,9H2,1-2H3,(H,15,16,20). The average Bonchev–Trinajstić information content (AvgIpc) is 2.94. The van der Waals surface area contributed by atoms with Crippen LogP contribution in [0.3, 0.4) is 0 Å². The van der Waals surface area contributed by atoms with Crippen LogP contribution in [0.2, 0.25) is 0 Å². The number of hydrogen-bond donors (Lipinski definition) is 1. The van der Waals surface area contributed by atoms with Gasteiger partial charge in [-0.25, -0.2) is 14.5 Å². The molecule has 1 aromatic heterocycles. The zero-order chi connectivity index (χ0) is 16.8. The van der Waals surface area contributed by atoms with E-state index in [4.69, 9.17) is 4.74 Å². The number of ether oxygens (including phenoxy) is 2. The number of methoxy groups -OCH3 is 1. The quantitative estimate of drug-likeness (QED) is 0.813. The van der Waals surface area contributed by atoms with Crippen LogP contribution in [0.4, 0.5) is 10.7 Å². The lowest BCUT2D eigenvalue weighted by molar-refractivity contribution is -0.141. The van der Waals surface area contributed by atoms with Crippen LogP contribution >= 0.6 is 0 Å². The number of nitrogens with one attached hydrogen (secondary N) is 1. The molecule has 9 nitrogen and oxygen atoms in total. The molecule has 23 heavy (non-hydrogen) atoms. The van der Waals surface area contributed by atoms with Gasteiger partial charge >= 0.3 is 17.8 Å². The summed E-state index contributed by atoms with van der Waals surface area (Å²) in [5.74, 6) is -0.758. The molecule has 1 N–H and O–H groups in total. The van der Waals surface area contributed by atoms with Crippen molar-refractivity contribution in [2.45, 2.75) is 6.92 Å². The number of aromatic nitrogens is 3. The topological polar surface area (TPSA) is 107 Å². The molecule has 0 aliphatic carbocycles. The highest BCUT2D eigenvalue weighted by molar-refractivity contribution is 5.91. The molecule has 0 aliphatic rings. The molecule has 0 bridgehead atoms. The number of carbonyl (C=O) groups excluding carboxylic acids is 2. The summed E-state index contributed by atoms with van der Waals surface area (Å²) in [6.07, 6.45) is -0.841. The van der Waals surface area contributed by atoms with E-state index in [2.05, 4.69) is 14.8 Å². The molecule has 0 atom stereocenters. The van der Waals surface area contributed by atoms with E-state index >= 15 is 0 Å². The number of aromatic amines is 1. The molecular formula is C14H16N4O5. The first-order valence-corrected chi connectivity index (χ1v) is 6.82. The highest BCUT2D eigenvalue weighted by Gasteiger charge is 2.24. The van der Waals surface area contributed by atoms with E-state index in [9.17, 15) is 14.4 Å². The number of para-hydroxylation sites is 1. The molecule has 2 aromatic rings. The summed E-state index contributed by atoms with van der Waals surface area (Å²) < 4.78 is 10.5. The number of esters is 1. The Kier molecular flexibility index (Phi) is 5.13. The normalized spacial score (nSPS) is 10.2. The van der Waals surface area contributed by atoms with E-state index in [0.717, 1.165) is 16.7 Å². The summed E-state index contributed by atoms with van der Waals surface area (Å²) >= 11 is 0. The second kappa shape index (κ2) is 7.25. The van der Waals surface area contributed by atoms with Crippen LogP contribution in [0, 0.1) is 0 Å². The Labute approximate surface area is 131 Å². The van der Waals surface area contributed by atoms with Crippen LogP contribution in [-0.4, -0.2) is 47.1 Å². The summed E-state index contributed by atoms with van der Waals surface area (Å²) in [7, 11) is 1.16. The molecule has 2 rings (SSSR count). The first-order chi connectivity index (χ1) is 11.1. The first kappa shape index (κ1) is 16.3. The zero-order valence-corrected chi connectivity index (χ0v) is 12.7. The number of rotatable bonds is 5. The fraction of sp³-hybridized carbons (Fsp3) is 0.286. The molecule has 0 saturated heterocycles. The van der Waals surface area contributed by atoms with E-state index in [1.165, 1.54) is 0 Å². The highest BCUT2D eigenvalue weighted by Crippen LogP contribution is 2.09. The molecule has 1 aromatic carbocycles.